The number of nitrogens with one attached hydrogen (secondary N) is 1. The molecule has 1 N–H and O–H groups in total. The van der Waals surface area contributed by atoms with Crippen molar-refractivity contribution in [2.75, 3.05) is 43.7 Å². The van der Waals surface area contributed by atoms with Crippen LogP contribution in [0.25, 0.3) is 0 Å². The molecule has 2 aromatic heterocycles. The van der Waals surface area contributed by atoms with Crippen LogP contribution in [-0.2, 0) is 5.75 Å². The van der Waals surface area contributed by atoms with Crippen molar-refractivity contribution in [2.45, 2.75) is 5.75 Å². The normalized spacial score (nSPS) is 10.6. The number of hydrogen-bond acceptors (Lipinski definition) is 10. The molecule has 0 aliphatic heterocycles. The molecule has 8 nitrogen and oxygen atoms in total. The van der Waals surface area contributed by atoms with Crippen LogP contribution in [0.4, 0.5) is 11.8 Å². The number of anilines is 2. The summed E-state index contributed by atoms with van der Waals surface area (Å²) in [7, 11) is 5.31. The Morgan fingerprint density at radius 2 is 2.20 bits per heavy atom. The van der Waals surface area contributed by atoms with Crippen LogP contribution in [0.15, 0.2) is 4.42 Å². The summed E-state index contributed by atoms with van der Waals surface area (Å²) in [6.45, 7) is 0.765. The van der Waals surface area contributed by atoms with Gasteiger partial charge in [0.2, 0.25) is 11.7 Å². The lowest BCUT2D eigenvalue weighted by Gasteiger charge is -2.04. The maximum atomic E-state index is 5.46. The third-order valence-corrected chi connectivity index (χ3v) is 3.71. The van der Waals surface area contributed by atoms with E-state index < -0.39 is 0 Å². The number of ether oxygens (including phenoxy) is 1. The average molecular weight is 316 g/mol. The van der Waals surface area contributed by atoms with Gasteiger partial charge in [-0.2, -0.15) is 16.1 Å². The second-order valence-corrected chi connectivity index (χ2v) is 5.61. The Hall–Kier alpha value is -1.55. The van der Waals surface area contributed by atoms with Gasteiger partial charge in [0, 0.05) is 26.4 Å². The Bertz CT molecular complexity index is 529. The lowest BCUT2D eigenvalue weighted by atomic mass is 10.6. The lowest BCUT2D eigenvalue weighted by Crippen LogP contribution is -2.08. The van der Waals surface area contributed by atoms with Crippen LogP contribution in [-0.4, -0.2) is 52.4 Å². The van der Waals surface area contributed by atoms with Gasteiger partial charge in [0.25, 0.3) is 5.88 Å². The monoisotopic (exact) mass is 316 g/mol. The molecule has 0 radical (unpaired) electrons. The summed E-state index contributed by atoms with van der Waals surface area (Å²) in [5.74, 6) is 3.43. The van der Waals surface area contributed by atoms with E-state index in [2.05, 4.69) is 24.3 Å². The van der Waals surface area contributed by atoms with Crippen molar-refractivity contribution >= 4 is 35.3 Å². The minimum Gasteiger partial charge on any atom is -0.478 e. The van der Waals surface area contributed by atoms with Crippen molar-refractivity contribution in [3.63, 3.8) is 0 Å². The van der Waals surface area contributed by atoms with Gasteiger partial charge in [-0.1, -0.05) is 5.10 Å². The van der Waals surface area contributed by atoms with Gasteiger partial charge in [-0.15, -0.1) is 9.47 Å². The van der Waals surface area contributed by atoms with E-state index >= 15 is 0 Å². The first-order chi connectivity index (χ1) is 9.70. The zero-order chi connectivity index (χ0) is 14.4. The fourth-order valence-electron chi connectivity index (χ4n) is 1.31. The molecule has 0 atom stereocenters. The van der Waals surface area contributed by atoms with Crippen LogP contribution in [0.3, 0.4) is 0 Å². The zero-order valence-electron chi connectivity index (χ0n) is 11.5. The SMILES string of the molecule is COc1nsnc1NCCSCc1nnc(N(C)C)o1. The molecule has 0 saturated heterocycles. The summed E-state index contributed by atoms with van der Waals surface area (Å²) in [5, 5.41) is 11.1. The van der Waals surface area contributed by atoms with Gasteiger partial charge in [0.1, 0.15) is 0 Å². The summed E-state index contributed by atoms with van der Waals surface area (Å²) in [6.07, 6.45) is 0. The van der Waals surface area contributed by atoms with Crippen LogP contribution in [0.5, 0.6) is 5.88 Å². The van der Waals surface area contributed by atoms with Gasteiger partial charge in [-0.05, 0) is 0 Å². The van der Waals surface area contributed by atoms with Gasteiger partial charge < -0.3 is 19.4 Å². The largest absolute Gasteiger partial charge is 0.478 e. The first-order valence-electron chi connectivity index (χ1n) is 5.88. The van der Waals surface area contributed by atoms with E-state index in [0.29, 0.717) is 29.4 Å². The molecule has 0 unspecified atom stereocenters. The Morgan fingerprint density at radius 1 is 1.35 bits per heavy atom. The maximum absolute atomic E-state index is 5.46. The van der Waals surface area contributed by atoms with E-state index in [1.165, 1.54) is 0 Å². The number of nitrogens with zero attached hydrogens (tertiary/aromatic N) is 5. The van der Waals surface area contributed by atoms with E-state index in [4.69, 9.17) is 9.15 Å². The molecular weight excluding hydrogens is 300 g/mol. The number of methoxy groups -OCH3 is 1. The van der Waals surface area contributed by atoms with Gasteiger partial charge in [0.15, 0.2) is 0 Å². The van der Waals surface area contributed by atoms with Crippen molar-refractivity contribution < 1.29 is 9.15 Å². The highest BCUT2D eigenvalue weighted by atomic mass is 32.2. The Kier molecular flexibility index (Phi) is 5.41. The molecular formula is C10H16N6O2S2. The molecule has 0 fully saturated rings. The third-order valence-electron chi connectivity index (χ3n) is 2.25. The van der Waals surface area contributed by atoms with Gasteiger partial charge in [-0.3, -0.25) is 0 Å². The highest BCUT2D eigenvalue weighted by Crippen LogP contribution is 2.20. The van der Waals surface area contributed by atoms with Gasteiger partial charge in [-0.25, -0.2) is 0 Å². The smallest absolute Gasteiger partial charge is 0.317 e. The second-order valence-electron chi connectivity index (χ2n) is 3.97. The highest BCUT2D eigenvalue weighted by Gasteiger charge is 2.08. The van der Waals surface area contributed by atoms with E-state index in [1.807, 2.05) is 14.1 Å². The molecule has 0 saturated carbocycles. The predicted molar refractivity (Wildman–Crippen MR) is 79.7 cm³/mol. The predicted octanol–water partition coefficient (Wildman–Crippen LogP) is 1.34. The van der Waals surface area contributed by atoms with Crippen LogP contribution >= 0.6 is 23.5 Å². The third kappa shape index (κ3) is 3.97. The van der Waals surface area contributed by atoms with Crippen LogP contribution in [0.1, 0.15) is 5.89 Å². The molecule has 10 heteroatoms. The lowest BCUT2D eigenvalue weighted by molar-refractivity contribution is 0.403. The first kappa shape index (κ1) is 14.9. The Labute approximate surface area is 125 Å². The summed E-state index contributed by atoms with van der Waals surface area (Å²) in [6, 6.07) is 0.525. The second kappa shape index (κ2) is 7.29. The zero-order valence-corrected chi connectivity index (χ0v) is 13.1. The Morgan fingerprint density at radius 3 is 2.90 bits per heavy atom. The maximum Gasteiger partial charge on any atom is 0.317 e. The minimum absolute atomic E-state index is 0.525. The van der Waals surface area contributed by atoms with E-state index in [0.717, 1.165) is 24.0 Å². The highest BCUT2D eigenvalue weighted by molar-refractivity contribution is 7.98. The van der Waals surface area contributed by atoms with E-state index in [-0.39, 0.29) is 0 Å². The first-order valence-corrected chi connectivity index (χ1v) is 7.77. The molecule has 2 heterocycles. The van der Waals surface area contributed by atoms with Crippen molar-refractivity contribution in [1.82, 2.24) is 18.9 Å². The fraction of sp³-hybridized carbons (Fsp3) is 0.600. The standard InChI is InChI=1S/C10H16N6O2S2/c1-16(2)10-13-12-7(18-10)6-19-5-4-11-8-9(17-3)15-20-14-8/h4-6H2,1-3H3,(H,11,14). The molecule has 0 aliphatic carbocycles. The molecule has 20 heavy (non-hydrogen) atoms. The van der Waals surface area contributed by atoms with Crippen LogP contribution < -0.4 is 15.0 Å². The summed E-state index contributed by atoms with van der Waals surface area (Å²) in [4.78, 5) is 1.78. The van der Waals surface area contributed by atoms with Crippen molar-refractivity contribution in [3.8, 4) is 5.88 Å². The summed E-state index contributed by atoms with van der Waals surface area (Å²) in [5.41, 5.74) is 0. The minimum atomic E-state index is 0.525. The summed E-state index contributed by atoms with van der Waals surface area (Å²) >= 11 is 2.83. The number of rotatable bonds is 8. The molecule has 0 aromatic carbocycles. The Balaban J connectivity index is 1.66. The van der Waals surface area contributed by atoms with Crippen LogP contribution in [0.2, 0.25) is 0 Å². The molecule has 0 amide bonds. The quantitative estimate of drug-likeness (QED) is 0.724. The average Bonchev–Trinajstić information content (AvgIpc) is 3.06. The number of aromatic nitrogens is 4. The number of hydrogen-bond donors (Lipinski definition) is 1. The number of thioether (sulfide) groups is 1. The van der Waals surface area contributed by atoms with Crippen LogP contribution in [0, 0.1) is 0 Å². The molecule has 110 valence electrons. The van der Waals surface area contributed by atoms with Crippen molar-refractivity contribution in [3.05, 3.63) is 5.89 Å². The fourth-order valence-corrected chi connectivity index (χ4v) is 2.49. The summed E-state index contributed by atoms with van der Waals surface area (Å²) < 4.78 is 18.6. The molecule has 0 aliphatic rings. The molecule has 0 spiro atoms. The molecule has 2 aromatic rings. The van der Waals surface area contributed by atoms with Crippen molar-refractivity contribution in [1.29, 1.82) is 0 Å². The van der Waals surface area contributed by atoms with Gasteiger partial charge >= 0.3 is 6.01 Å². The van der Waals surface area contributed by atoms with Crippen molar-refractivity contribution in [2.24, 2.45) is 0 Å². The van der Waals surface area contributed by atoms with E-state index in [1.54, 1.807) is 23.8 Å². The topological polar surface area (TPSA) is 89.2 Å². The van der Waals surface area contributed by atoms with Gasteiger partial charge in [0.05, 0.1) is 24.6 Å². The molecule has 2 rings (SSSR count). The van der Waals surface area contributed by atoms with E-state index in [9.17, 15) is 0 Å². The molecule has 0 bridgehead atoms.